The van der Waals surface area contributed by atoms with Gasteiger partial charge in [0, 0.05) is 31.3 Å². The molecule has 0 bridgehead atoms. The first kappa shape index (κ1) is 14.8. The van der Waals surface area contributed by atoms with Gasteiger partial charge >= 0.3 is 0 Å². The number of carbonyl (C=O) groups excluding carboxylic acids is 1. The lowest BCUT2D eigenvalue weighted by atomic mass is 10.2. The Bertz CT molecular complexity index is 762. The lowest BCUT2D eigenvalue weighted by molar-refractivity contribution is 0.102. The highest BCUT2D eigenvalue weighted by Gasteiger charge is 2.08. The Morgan fingerprint density at radius 1 is 1.26 bits per heavy atom. The van der Waals surface area contributed by atoms with Crippen LogP contribution in [-0.2, 0) is 13.6 Å². The predicted molar refractivity (Wildman–Crippen MR) is 85.3 cm³/mol. The molecular formula is C16H17N5O2. The van der Waals surface area contributed by atoms with E-state index in [1.54, 1.807) is 36.3 Å². The number of amides is 1. The van der Waals surface area contributed by atoms with Crippen LogP contribution < -0.4 is 10.1 Å². The van der Waals surface area contributed by atoms with Gasteiger partial charge in [0.1, 0.15) is 12.4 Å². The molecule has 0 aliphatic carbocycles. The lowest BCUT2D eigenvalue weighted by Crippen LogP contribution is -2.11. The second-order valence-corrected chi connectivity index (χ2v) is 5.00. The number of carbonyl (C=O) groups is 1. The summed E-state index contributed by atoms with van der Waals surface area (Å²) < 4.78 is 9.04. The van der Waals surface area contributed by atoms with Crippen LogP contribution >= 0.6 is 0 Å². The summed E-state index contributed by atoms with van der Waals surface area (Å²) in [4.78, 5) is 12.0. The van der Waals surface area contributed by atoms with E-state index in [0.29, 0.717) is 24.4 Å². The number of nitrogens with one attached hydrogen (secondary N) is 1. The fraction of sp³-hybridized carbons (Fsp3) is 0.188. The van der Waals surface area contributed by atoms with E-state index in [2.05, 4.69) is 15.5 Å². The molecule has 1 N–H and O–H groups in total. The predicted octanol–water partition coefficient (Wildman–Crippen LogP) is 1.95. The number of hydrogen-bond acceptors (Lipinski definition) is 4. The molecule has 0 spiro atoms. The second-order valence-electron chi connectivity index (χ2n) is 5.00. The van der Waals surface area contributed by atoms with Crippen molar-refractivity contribution in [1.82, 2.24) is 19.6 Å². The Kier molecular flexibility index (Phi) is 4.37. The van der Waals surface area contributed by atoms with Crippen molar-refractivity contribution < 1.29 is 9.53 Å². The third-order valence-corrected chi connectivity index (χ3v) is 3.23. The Balaban J connectivity index is 1.51. The third kappa shape index (κ3) is 3.97. The highest BCUT2D eigenvalue weighted by atomic mass is 16.5. The second kappa shape index (κ2) is 6.78. The molecular weight excluding hydrogens is 294 g/mol. The van der Waals surface area contributed by atoms with Gasteiger partial charge in [0.2, 0.25) is 0 Å². The quantitative estimate of drug-likeness (QED) is 0.755. The zero-order chi connectivity index (χ0) is 16.1. The van der Waals surface area contributed by atoms with Gasteiger partial charge < -0.3 is 10.1 Å². The fourth-order valence-corrected chi connectivity index (χ4v) is 2.07. The average molecular weight is 311 g/mol. The molecule has 2 heterocycles. The van der Waals surface area contributed by atoms with E-state index in [1.165, 1.54) is 6.20 Å². The average Bonchev–Trinajstić information content (AvgIpc) is 3.21. The van der Waals surface area contributed by atoms with E-state index in [0.717, 1.165) is 5.75 Å². The van der Waals surface area contributed by atoms with Crippen molar-refractivity contribution >= 4 is 11.6 Å². The summed E-state index contributed by atoms with van der Waals surface area (Å²) in [5.41, 5.74) is 1.23. The largest absolute Gasteiger partial charge is 0.492 e. The van der Waals surface area contributed by atoms with Crippen molar-refractivity contribution in [2.45, 2.75) is 6.54 Å². The van der Waals surface area contributed by atoms with Crippen molar-refractivity contribution in [2.75, 3.05) is 11.9 Å². The summed E-state index contributed by atoms with van der Waals surface area (Å²) in [6, 6.07) is 9.12. The van der Waals surface area contributed by atoms with Crippen LogP contribution in [0, 0.1) is 0 Å². The molecule has 7 nitrogen and oxygen atoms in total. The van der Waals surface area contributed by atoms with Crippen LogP contribution in [-0.4, -0.2) is 32.1 Å². The Morgan fingerprint density at radius 2 is 2.09 bits per heavy atom. The van der Waals surface area contributed by atoms with Crippen molar-refractivity contribution in [3.63, 3.8) is 0 Å². The van der Waals surface area contributed by atoms with Crippen LogP contribution in [0.5, 0.6) is 5.75 Å². The molecule has 0 aliphatic rings. The number of aromatic nitrogens is 4. The number of hydrogen-bond donors (Lipinski definition) is 1. The molecule has 0 radical (unpaired) electrons. The van der Waals surface area contributed by atoms with Gasteiger partial charge in [0.05, 0.1) is 18.3 Å². The maximum atomic E-state index is 12.0. The molecule has 0 atom stereocenters. The molecule has 0 fully saturated rings. The van der Waals surface area contributed by atoms with Gasteiger partial charge in [0.15, 0.2) is 0 Å². The summed E-state index contributed by atoms with van der Waals surface area (Å²) in [7, 11) is 1.77. The first-order valence-electron chi connectivity index (χ1n) is 7.21. The summed E-state index contributed by atoms with van der Waals surface area (Å²) in [6.45, 7) is 1.22. The van der Waals surface area contributed by atoms with E-state index in [9.17, 15) is 4.79 Å². The van der Waals surface area contributed by atoms with Gasteiger partial charge in [-0.25, -0.2) is 0 Å². The number of ether oxygens (including phenoxy) is 1. The zero-order valence-electron chi connectivity index (χ0n) is 12.7. The summed E-state index contributed by atoms with van der Waals surface area (Å²) in [5.74, 6) is 0.557. The van der Waals surface area contributed by atoms with Gasteiger partial charge in [-0.3, -0.25) is 14.2 Å². The molecule has 0 aliphatic heterocycles. The van der Waals surface area contributed by atoms with Crippen molar-refractivity contribution in [3.8, 4) is 5.75 Å². The van der Waals surface area contributed by atoms with Crippen LogP contribution in [0.15, 0.2) is 55.1 Å². The Hall–Kier alpha value is -3.09. The highest BCUT2D eigenvalue weighted by molar-refractivity contribution is 6.03. The van der Waals surface area contributed by atoms with Crippen LogP contribution in [0.4, 0.5) is 5.69 Å². The van der Waals surface area contributed by atoms with Gasteiger partial charge in [-0.05, 0) is 30.3 Å². The van der Waals surface area contributed by atoms with E-state index < -0.39 is 0 Å². The molecule has 1 amide bonds. The normalized spacial score (nSPS) is 10.5. The van der Waals surface area contributed by atoms with E-state index in [1.807, 2.05) is 29.1 Å². The maximum Gasteiger partial charge on any atom is 0.258 e. The molecule has 0 saturated heterocycles. The van der Waals surface area contributed by atoms with Crippen molar-refractivity contribution in [3.05, 3.63) is 60.7 Å². The molecule has 3 rings (SSSR count). The molecule has 7 heteroatoms. The Morgan fingerprint density at radius 3 is 2.74 bits per heavy atom. The maximum absolute atomic E-state index is 12.0. The van der Waals surface area contributed by atoms with Gasteiger partial charge in [-0.2, -0.15) is 10.2 Å². The van der Waals surface area contributed by atoms with Gasteiger partial charge in [-0.15, -0.1) is 0 Å². The smallest absolute Gasteiger partial charge is 0.258 e. The standard InChI is InChI=1S/C16H17N5O2/c1-20-12-13(11-18-20)16(22)19-14-3-5-15(6-4-14)23-10-9-21-8-2-7-17-21/h2-8,11-12H,9-10H2,1H3,(H,19,22). The topological polar surface area (TPSA) is 74.0 Å². The minimum absolute atomic E-state index is 0.189. The van der Waals surface area contributed by atoms with Crippen LogP contribution in [0.3, 0.4) is 0 Å². The first-order valence-corrected chi connectivity index (χ1v) is 7.21. The number of aryl methyl sites for hydroxylation is 1. The van der Waals surface area contributed by atoms with Gasteiger partial charge in [0.25, 0.3) is 5.91 Å². The number of anilines is 1. The van der Waals surface area contributed by atoms with Crippen molar-refractivity contribution in [2.24, 2.45) is 7.05 Å². The Labute approximate surface area is 133 Å². The highest BCUT2D eigenvalue weighted by Crippen LogP contribution is 2.16. The van der Waals surface area contributed by atoms with Crippen LogP contribution in [0.2, 0.25) is 0 Å². The summed E-state index contributed by atoms with van der Waals surface area (Å²) in [5, 5.41) is 10.9. The molecule has 0 unspecified atom stereocenters. The van der Waals surface area contributed by atoms with E-state index in [-0.39, 0.29) is 5.91 Å². The fourth-order valence-electron chi connectivity index (χ4n) is 2.07. The molecule has 2 aromatic heterocycles. The monoisotopic (exact) mass is 311 g/mol. The van der Waals surface area contributed by atoms with E-state index >= 15 is 0 Å². The number of rotatable bonds is 6. The molecule has 3 aromatic rings. The van der Waals surface area contributed by atoms with Crippen molar-refractivity contribution in [1.29, 1.82) is 0 Å². The molecule has 1 aromatic carbocycles. The minimum atomic E-state index is -0.189. The SMILES string of the molecule is Cn1cc(C(=O)Nc2ccc(OCCn3cccn3)cc2)cn1. The van der Waals surface area contributed by atoms with E-state index in [4.69, 9.17) is 4.74 Å². The minimum Gasteiger partial charge on any atom is -0.492 e. The van der Waals surface area contributed by atoms with Gasteiger partial charge in [-0.1, -0.05) is 0 Å². The number of benzene rings is 1. The first-order chi connectivity index (χ1) is 11.2. The third-order valence-electron chi connectivity index (χ3n) is 3.23. The molecule has 0 saturated carbocycles. The van der Waals surface area contributed by atoms with Crippen LogP contribution in [0.25, 0.3) is 0 Å². The van der Waals surface area contributed by atoms with Crippen LogP contribution in [0.1, 0.15) is 10.4 Å². The zero-order valence-corrected chi connectivity index (χ0v) is 12.7. The molecule has 23 heavy (non-hydrogen) atoms. The molecule has 118 valence electrons. The number of nitrogens with zero attached hydrogens (tertiary/aromatic N) is 4. The summed E-state index contributed by atoms with van der Waals surface area (Å²) in [6.07, 6.45) is 6.82. The lowest BCUT2D eigenvalue weighted by Gasteiger charge is -2.08. The summed E-state index contributed by atoms with van der Waals surface area (Å²) >= 11 is 0.